The molecule has 1 N–H and O–H groups in total. The molecule has 0 aromatic carbocycles. The highest BCUT2D eigenvalue weighted by Crippen LogP contribution is 2.15. The third kappa shape index (κ3) is 1.20. The third-order valence-electron chi connectivity index (χ3n) is 3.21. The molecular formula is C11H14N4O. The SMILES string of the molecule is CCc1[nH]nc2nc3n(c(=O)c12)CCCC3. The lowest BCUT2D eigenvalue weighted by Gasteiger charge is -2.16. The van der Waals surface area contributed by atoms with Gasteiger partial charge in [-0.3, -0.25) is 14.5 Å². The summed E-state index contributed by atoms with van der Waals surface area (Å²) in [6, 6.07) is 0. The van der Waals surface area contributed by atoms with Gasteiger partial charge in [0, 0.05) is 13.0 Å². The molecule has 16 heavy (non-hydrogen) atoms. The standard InChI is InChI=1S/C11H14N4O/c1-2-7-9-10(14-13-7)12-8-5-3-4-6-15(8)11(9)16/h2-6H2,1H3,(H,13,14). The minimum absolute atomic E-state index is 0.0744. The van der Waals surface area contributed by atoms with E-state index in [0.717, 1.165) is 43.7 Å². The van der Waals surface area contributed by atoms with Crippen molar-refractivity contribution in [1.82, 2.24) is 19.7 Å². The van der Waals surface area contributed by atoms with Crippen molar-refractivity contribution in [3.8, 4) is 0 Å². The summed E-state index contributed by atoms with van der Waals surface area (Å²) < 4.78 is 1.81. The lowest BCUT2D eigenvalue weighted by atomic mass is 10.1. The Kier molecular flexibility index (Phi) is 2.05. The van der Waals surface area contributed by atoms with E-state index in [1.165, 1.54) is 0 Å². The molecule has 84 valence electrons. The van der Waals surface area contributed by atoms with Crippen LogP contribution in [-0.2, 0) is 19.4 Å². The number of hydrogen-bond acceptors (Lipinski definition) is 3. The summed E-state index contributed by atoms with van der Waals surface area (Å²) in [5.41, 5.74) is 1.55. The van der Waals surface area contributed by atoms with Crippen molar-refractivity contribution >= 4 is 11.0 Å². The molecule has 0 amide bonds. The average Bonchev–Trinajstić information content (AvgIpc) is 2.72. The zero-order chi connectivity index (χ0) is 11.1. The first-order valence-corrected chi connectivity index (χ1v) is 5.78. The summed E-state index contributed by atoms with van der Waals surface area (Å²) in [4.78, 5) is 16.7. The highest BCUT2D eigenvalue weighted by Gasteiger charge is 2.17. The summed E-state index contributed by atoms with van der Waals surface area (Å²) in [5.74, 6) is 0.887. The van der Waals surface area contributed by atoms with Gasteiger partial charge in [0.25, 0.3) is 5.56 Å². The summed E-state index contributed by atoms with van der Waals surface area (Å²) in [7, 11) is 0. The van der Waals surface area contributed by atoms with Gasteiger partial charge in [0.2, 0.25) is 0 Å². The fourth-order valence-corrected chi connectivity index (χ4v) is 2.34. The molecule has 2 aromatic heterocycles. The number of aromatic amines is 1. The first-order valence-electron chi connectivity index (χ1n) is 5.78. The molecule has 0 unspecified atom stereocenters. The van der Waals surface area contributed by atoms with Crippen molar-refractivity contribution in [2.24, 2.45) is 0 Å². The molecule has 0 fully saturated rings. The molecule has 3 heterocycles. The van der Waals surface area contributed by atoms with E-state index in [4.69, 9.17) is 0 Å². The van der Waals surface area contributed by atoms with Crippen molar-refractivity contribution < 1.29 is 0 Å². The van der Waals surface area contributed by atoms with Crippen LogP contribution in [0.15, 0.2) is 4.79 Å². The minimum atomic E-state index is 0.0744. The Balaban J connectivity index is 2.38. The van der Waals surface area contributed by atoms with Crippen LogP contribution in [0, 0.1) is 0 Å². The molecule has 0 aliphatic carbocycles. The van der Waals surface area contributed by atoms with Crippen LogP contribution in [0.25, 0.3) is 11.0 Å². The van der Waals surface area contributed by atoms with Crippen LogP contribution in [0.3, 0.4) is 0 Å². The molecule has 0 bridgehead atoms. The third-order valence-corrected chi connectivity index (χ3v) is 3.21. The van der Waals surface area contributed by atoms with E-state index >= 15 is 0 Å². The Bertz CT molecular complexity index is 596. The van der Waals surface area contributed by atoms with E-state index in [1.807, 2.05) is 6.92 Å². The van der Waals surface area contributed by atoms with E-state index < -0.39 is 0 Å². The highest BCUT2D eigenvalue weighted by molar-refractivity contribution is 5.76. The van der Waals surface area contributed by atoms with Crippen LogP contribution >= 0.6 is 0 Å². The van der Waals surface area contributed by atoms with Crippen molar-refractivity contribution in [2.75, 3.05) is 0 Å². The van der Waals surface area contributed by atoms with E-state index in [9.17, 15) is 4.79 Å². The second-order valence-electron chi connectivity index (χ2n) is 4.20. The molecule has 3 rings (SSSR count). The van der Waals surface area contributed by atoms with Gasteiger partial charge in [0.05, 0.1) is 5.69 Å². The number of nitrogens with zero attached hydrogens (tertiary/aromatic N) is 3. The van der Waals surface area contributed by atoms with Crippen LogP contribution in [0.5, 0.6) is 0 Å². The first kappa shape index (κ1) is 9.57. The van der Waals surface area contributed by atoms with E-state index in [1.54, 1.807) is 4.57 Å². The Hall–Kier alpha value is -1.65. The molecule has 5 heteroatoms. The van der Waals surface area contributed by atoms with Gasteiger partial charge in [-0.1, -0.05) is 6.92 Å². The summed E-state index contributed by atoms with van der Waals surface area (Å²) in [5, 5.41) is 7.68. The Morgan fingerprint density at radius 2 is 2.31 bits per heavy atom. The van der Waals surface area contributed by atoms with Crippen LogP contribution in [0.1, 0.15) is 31.3 Å². The maximum atomic E-state index is 12.3. The zero-order valence-corrected chi connectivity index (χ0v) is 9.29. The molecule has 5 nitrogen and oxygen atoms in total. The summed E-state index contributed by atoms with van der Waals surface area (Å²) >= 11 is 0. The molecule has 0 saturated carbocycles. The number of rotatable bonds is 1. The van der Waals surface area contributed by atoms with Crippen LogP contribution < -0.4 is 5.56 Å². The maximum Gasteiger partial charge on any atom is 0.264 e. The highest BCUT2D eigenvalue weighted by atomic mass is 16.1. The van der Waals surface area contributed by atoms with Crippen LogP contribution in [0.4, 0.5) is 0 Å². The largest absolute Gasteiger partial charge is 0.296 e. The second kappa shape index (κ2) is 3.43. The van der Waals surface area contributed by atoms with Gasteiger partial charge in [-0.15, -0.1) is 0 Å². The number of hydrogen-bond donors (Lipinski definition) is 1. The molecule has 1 aliphatic rings. The monoisotopic (exact) mass is 218 g/mol. The summed E-state index contributed by atoms with van der Waals surface area (Å²) in [6.07, 6.45) is 3.86. The summed E-state index contributed by atoms with van der Waals surface area (Å²) in [6.45, 7) is 2.81. The van der Waals surface area contributed by atoms with Gasteiger partial charge in [-0.05, 0) is 19.3 Å². The fraction of sp³-hybridized carbons (Fsp3) is 0.545. The van der Waals surface area contributed by atoms with Gasteiger partial charge < -0.3 is 0 Å². The Morgan fingerprint density at radius 1 is 1.44 bits per heavy atom. The lowest BCUT2D eigenvalue weighted by Crippen LogP contribution is -2.28. The predicted molar refractivity (Wildman–Crippen MR) is 60.5 cm³/mol. The number of aryl methyl sites for hydroxylation is 2. The first-order chi connectivity index (χ1) is 7.81. The number of fused-ring (bicyclic) bond motifs is 2. The molecule has 0 atom stereocenters. The molecule has 0 spiro atoms. The van der Waals surface area contributed by atoms with E-state index in [2.05, 4.69) is 15.2 Å². The van der Waals surface area contributed by atoms with Gasteiger partial charge in [-0.25, -0.2) is 4.98 Å². The van der Waals surface area contributed by atoms with Crippen molar-refractivity contribution in [1.29, 1.82) is 0 Å². The van der Waals surface area contributed by atoms with E-state index in [-0.39, 0.29) is 5.56 Å². The molecular weight excluding hydrogens is 204 g/mol. The van der Waals surface area contributed by atoms with Gasteiger partial charge in [0.15, 0.2) is 5.65 Å². The van der Waals surface area contributed by atoms with Gasteiger partial charge >= 0.3 is 0 Å². The Labute approximate surface area is 92.5 Å². The number of H-pyrrole nitrogens is 1. The predicted octanol–water partition coefficient (Wildman–Crippen LogP) is 1.02. The average molecular weight is 218 g/mol. The molecule has 0 radical (unpaired) electrons. The lowest BCUT2D eigenvalue weighted by molar-refractivity contribution is 0.500. The fourth-order valence-electron chi connectivity index (χ4n) is 2.34. The van der Waals surface area contributed by atoms with Crippen LogP contribution in [-0.4, -0.2) is 19.7 Å². The molecule has 2 aromatic rings. The number of nitrogens with one attached hydrogen (secondary N) is 1. The molecule has 0 saturated heterocycles. The minimum Gasteiger partial charge on any atom is -0.296 e. The van der Waals surface area contributed by atoms with Gasteiger partial charge in [0.1, 0.15) is 11.2 Å². The molecule has 1 aliphatic heterocycles. The smallest absolute Gasteiger partial charge is 0.264 e. The van der Waals surface area contributed by atoms with Gasteiger partial charge in [-0.2, -0.15) is 5.10 Å². The zero-order valence-electron chi connectivity index (χ0n) is 9.29. The maximum absolute atomic E-state index is 12.3. The van der Waals surface area contributed by atoms with E-state index in [0.29, 0.717) is 11.0 Å². The van der Waals surface area contributed by atoms with Crippen molar-refractivity contribution in [3.05, 3.63) is 21.9 Å². The second-order valence-corrected chi connectivity index (χ2v) is 4.20. The quantitative estimate of drug-likeness (QED) is 0.777. The topological polar surface area (TPSA) is 63.6 Å². The number of aromatic nitrogens is 4. The van der Waals surface area contributed by atoms with Crippen LogP contribution in [0.2, 0.25) is 0 Å². The Morgan fingerprint density at radius 3 is 3.12 bits per heavy atom. The van der Waals surface area contributed by atoms with Crippen molar-refractivity contribution in [2.45, 2.75) is 39.2 Å². The normalized spacial score (nSPS) is 15.3. The van der Waals surface area contributed by atoms with Crippen molar-refractivity contribution in [3.63, 3.8) is 0 Å².